The second-order valence-electron chi connectivity index (χ2n) is 5.53. The molecule has 0 aliphatic carbocycles. The van der Waals surface area contributed by atoms with Gasteiger partial charge in [0.1, 0.15) is 6.61 Å². The van der Waals surface area contributed by atoms with Gasteiger partial charge in [-0.1, -0.05) is 0 Å². The van der Waals surface area contributed by atoms with Gasteiger partial charge in [0.25, 0.3) is 0 Å². The maximum atomic E-state index is 5.03. The summed E-state index contributed by atoms with van der Waals surface area (Å²) < 4.78 is 5.03. The zero-order chi connectivity index (χ0) is 14.5. The van der Waals surface area contributed by atoms with Crippen LogP contribution in [0.1, 0.15) is 35.8 Å². The van der Waals surface area contributed by atoms with E-state index in [1.54, 1.807) is 7.11 Å². The molecule has 6 heteroatoms. The van der Waals surface area contributed by atoms with Crippen molar-refractivity contribution in [3.05, 3.63) is 41.7 Å². The highest BCUT2D eigenvalue weighted by atomic mass is 16.5. The van der Waals surface area contributed by atoms with E-state index in [9.17, 15) is 0 Å². The van der Waals surface area contributed by atoms with E-state index < -0.39 is 0 Å². The summed E-state index contributed by atoms with van der Waals surface area (Å²) in [5, 5.41) is 7.16. The number of nitrogens with zero attached hydrogens (tertiary/aromatic N) is 4. The minimum Gasteiger partial charge on any atom is -0.377 e. The topological polar surface area (TPSA) is 66.9 Å². The number of hydrogen-bond donors (Lipinski definition) is 1. The lowest BCUT2D eigenvalue weighted by atomic mass is 9.95. The molecule has 112 valence electrons. The second-order valence-corrected chi connectivity index (χ2v) is 5.53. The van der Waals surface area contributed by atoms with Gasteiger partial charge in [0.05, 0.1) is 0 Å². The van der Waals surface area contributed by atoms with Crippen molar-refractivity contribution in [1.82, 2.24) is 25.1 Å². The molecule has 6 nitrogen and oxygen atoms in total. The van der Waals surface area contributed by atoms with Crippen molar-refractivity contribution in [1.29, 1.82) is 0 Å². The number of aromatic amines is 1. The first kappa shape index (κ1) is 14.2. The minimum atomic E-state index is 0.464. The van der Waals surface area contributed by atoms with Gasteiger partial charge in [-0.3, -0.25) is 10.00 Å². The predicted molar refractivity (Wildman–Crippen MR) is 78.6 cm³/mol. The van der Waals surface area contributed by atoms with Crippen LogP contribution in [0.25, 0.3) is 0 Å². The maximum Gasteiger partial charge on any atom is 0.153 e. The largest absolute Gasteiger partial charge is 0.377 e. The first-order chi connectivity index (χ1) is 10.3. The molecule has 1 fully saturated rings. The highest BCUT2D eigenvalue weighted by molar-refractivity contribution is 5.09. The van der Waals surface area contributed by atoms with E-state index in [2.05, 4.69) is 31.1 Å². The molecule has 0 radical (unpaired) electrons. The van der Waals surface area contributed by atoms with Gasteiger partial charge in [-0.05, 0) is 25.5 Å². The van der Waals surface area contributed by atoms with Crippen LogP contribution in [-0.2, 0) is 17.9 Å². The standard InChI is InChI=1S/C15H21N5O/c1-21-11-15-16-7-12(8-17-15)9-20-6-2-3-13(10-20)14-4-5-18-19-14/h4-5,7-8,13H,2-3,6,9-11H2,1H3,(H,18,19). The molecule has 1 aliphatic rings. The van der Waals surface area contributed by atoms with E-state index in [4.69, 9.17) is 4.74 Å². The van der Waals surface area contributed by atoms with Gasteiger partial charge in [0.2, 0.25) is 0 Å². The number of nitrogens with one attached hydrogen (secondary N) is 1. The Morgan fingerprint density at radius 3 is 2.95 bits per heavy atom. The third kappa shape index (κ3) is 3.65. The number of methoxy groups -OCH3 is 1. The highest BCUT2D eigenvalue weighted by Gasteiger charge is 2.22. The van der Waals surface area contributed by atoms with Gasteiger partial charge in [0.15, 0.2) is 5.82 Å². The van der Waals surface area contributed by atoms with Crippen molar-refractivity contribution < 1.29 is 4.74 Å². The smallest absolute Gasteiger partial charge is 0.153 e. The van der Waals surface area contributed by atoms with Crippen molar-refractivity contribution in [3.8, 4) is 0 Å². The number of aromatic nitrogens is 4. The van der Waals surface area contributed by atoms with E-state index in [-0.39, 0.29) is 0 Å². The number of hydrogen-bond acceptors (Lipinski definition) is 5. The number of rotatable bonds is 5. The Balaban J connectivity index is 1.59. The van der Waals surface area contributed by atoms with Gasteiger partial charge in [-0.15, -0.1) is 0 Å². The monoisotopic (exact) mass is 287 g/mol. The number of ether oxygens (including phenoxy) is 1. The Morgan fingerprint density at radius 1 is 1.38 bits per heavy atom. The van der Waals surface area contributed by atoms with Gasteiger partial charge in [0, 0.05) is 56.0 Å². The Kier molecular flexibility index (Phi) is 4.57. The average Bonchev–Trinajstić information content (AvgIpc) is 3.04. The second kappa shape index (κ2) is 6.78. The summed E-state index contributed by atoms with van der Waals surface area (Å²) in [7, 11) is 1.65. The molecule has 1 unspecified atom stereocenters. The molecule has 3 rings (SSSR count). The molecule has 2 aromatic heterocycles. The average molecular weight is 287 g/mol. The van der Waals surface area contributed by atoms with Crippen LogP contribution in [0.4, 0.5) is 0 Å². The van der Waals surface area contributed by atoms with Gasteiger partial charge < -0.3 is 4.74 Å². The summed E-state index contributed by atoms with van der Waals surface area (Å²) in [5.41, 5.74) is 2.39. The Morgan fingerprint density at radius 2 is 2.24 bits per heavy atom. The van der Waals surface area contributed by atoms with Crippen LogP contribution in [0.15, 0.2) is 24.7 Å². The SMILES string of the molecule is COCc1ncc(CN2CCCC(c3ccn[nH]3)C2)cn1. The Labute approximate surface area is 124 Å². The van der Waals surface area contributed by atoms with Crippen LogP contribution in [0.3, 0.4) is 0 Å². The summed E-state index contributed by atoms with van der Waals surface area (Å²) >= 11 is 0. The summed E-state index contributed by atoms with van der Waals surface area (Å²) in [6.07, 6.45) is 8.08. The first-order valence-electron chi connectivity index (χ1n) is 7.35. The number of piperidine rings is 1. The van der Waals surface area contributed by atoms with Crippen LogP contribution in [0.5, 0.6) is 0 Å². The fourth-order valence-electron chi connectivity index (χ4n) is 2.87. The van der Waals surface area contributed by atoms with E-state index in [1.165, 1.54) is 18.5 Å². The molecule has 1 aliphatic heterocycles. The molecule has 0 amide bonds. The third-order valence-corrected chi connectivity index (χ3v) is 3.91. The van der Waals surface area contributed by atoms with Crippen LogP contribution >= 0.6 is 0 Å². The molecular weight excluding hydrogens is 266 g/mol. The molecule has 0 spiro atoms. The lowest BCUT2D eigenvalue weighted by molar-refractivity contribution is 0.177. The summed E-state index contributed by atoms with van der Waals surface area (Å²) in [6, 6.07) is 2.08. The van der Waals surface area contributed by atoms with E-state index in [0.29, 0.717) is 12.5 Å². The molecule has 1 atom stereocenters. The van der Waals surface area contributed by atoms with E-state index in [1.807, 2.05) is 18.6 Å². The van der Waals surface area contributed by atoms with Crippen LogP contribution in [0.2, 0.25) is 0 Å². The first-order valence-corrected chi connectivity index (χ1v) is 7.35. The molecule has 0 saturated carbocycles. The summed E-state index contributed by atoms with van der Waals surface area (Å²) in [4.78, 5) is 11.1. The zero-order valence-electron chi connectivity index (χ0n) is 12.3. The molecule has 0 aromatic carbocycles. The molecule has 21 heavy (non-hydrogen) atoms. The molecule has 3 heterocycles. The highest BCUT2D eigenvalue weighted by Crippen LogP contribution is 2.25. The van der Waals surface area contributed by atoms with Crippen LogP contribution < -0.4 is 0 Å². The minimum absolute atomic E-state index is 0.464. The molecule has 2 aromatic rings. The van der Waals surface area contributed by atoms with Crippen molar-refractivity contribution >= 4 is 0 Å². The number of H-pyrrole nitrogens is 1. The van der Waals surface area contributed by atoms with Crippen LogP contribution in [0, 0.1) is 0 Å². The summed E-state index contributed by atoms with van der Waals surface area (Å²) in [6.45, 7) is 3.55. The Bertz CT molecular complexity index is 540. The van der Waals surface area contributed by atoms with Gasteiger partial charge >= 0.3 is 0 Å². The van der Waals surface area contributed by atoms with Crippen molar-refractivity contribution in [2.45, 2.75) is 31.9 Å². The molecule has 1 saturated heterocycles. The van der Waals surface area contributed by atoms with E-state index >= 15 is 0 Å². The van der Waals surface area contributed by atoms with Gasteiger partial charge in [-0.25, -0.2) is 9.97 Å². The lowest BCUT2D eigenvalue weighted by Gasteiger charge is -2.32. The normalized spacial score (nSPS) is 19.8. The van der Waals surface area contributed by atoms with Crippen molar-refractivity contribution in [2.24, 2.45) is 0 Å². The van der Waals surface area contributed by atoms with Crippen molar-refractivity contribution in [2.75, 3.05) is 20.2 Å². The molecular formula is C15H21N5O. The fourth-order valence-corrected chi connectivity index (χ4v) is 2.87. The van der Waals surface area contributed by atoms with E-state index in [0.717, 1.165) is 31.0 Å². The maximum absolute atomic E-state index is 5.03. The predicted octanol–water partition coefficient (Wildman–Crippen LogP) is 1.73. The summed E-state index contributed by atoms with van der Waals surface area (Å²) in [5.74, 6) is 1.28. The molecule has 1 N–H and O–H groups in total. The van der Waals surface area contributed by atoms with Crippen molar-refractivity contribution in [3.63, 3.8) is 0 Å². The Hall–Kier alpha value is -1.79. The van der Waals surface area contributed by atoms with Gasteiger partial charge in [-0.2, -0.15) is 5.10 Å². The quantitative estimate of drug-likeness (QED) is 0.907. The third-order valence-electron chi connectivity index (χ3n) is 3.91. The zero-order valence-corrected chi connectivity index (χ0v) is 12.3. The fraction of sp³-hybridized carbons (Fsp3) is 0.533. The van der Waals surface area contributed by atoms with Crippen LogP contribution in [-0.4, -0.2) is 45.3 Å². The lowest BCUT2D eigenvalue weighted by Crippen LogP contribution is -2.34. The number of likely N-dealkylation sites (tertiary alicyclic amines) is 1. The molecule has 0 bridgehead atoms.